The molecule has 1 heterocycles. The Hall–Kier alpha value is -2.89. The fourth-order valence-corrected chi connectivity index (χ4v) is 2.73. The predicted octanol–water partition coefficient (Wildman–Crippen LogP) is 2.41. The molecular formula is C20H24N2O4. The van der Waals surface area contributed by atoms with Gasteiger partial charge in [-0.2, -0.15) is 0 Å². The lowest BCUT2D eigenvalue weighted by atomic mass is 10.1. The molecule has 6 nitrogen and oxygen atoms in total. The molecule has 26 heavy (non-hydrogen) atoms. The number of hydrogen-bond donors (Lipinski definition) is 1. The van der Waals surface area contributed by atoms with E-state index in [1.165, 1.54) is 6.92 Å². The third-order valence-corrected chi connectivity index (χ3v) is 4.12. The van der Waals surface area contributed by atoms with E-state index in [1.807, 2.05) is 50.2 Å². The lowest BCUT2D eigenvalue weighted by Gasteiger charge is -2.10. The lowest BCUT2D eigenvalue weighted by Crippen LogP contribution is -2.24. The van der Waals surface area contributed by atoms with Gasteiger partial charge in [-0.15, -0.1) is 0 Å². The Morgan fingerprint density at radius 2 is 1.81 bits per heavy atom. The first kappa shape index (κ1) is 19.4. The zero-order valence-electron chi connectivity index (χ0n) is 15.4. The second-order valence-electron chi connectivity index (χ2n) is 6.17. The van der Waals surface area contributed by atoms with Crippen molar-refractivity contribution in [2.45, 2.75) is 33.7 Å². The summed E-state index contributed by atoms with van der Waals surface area (Å²) in [4.78, 5) is 34.8. The monoisotopic (exact) mass is 356 g/mol. The molecule has 0 aliphatic heterocycles. The molecule has 0 bridgehead atoms. The number of esters is 1. The van der Waals surface area contributed by atoms with Gasteiger partial charge in [0.15, 0.2) is 6.61 Å². The van der Waals surface area contributed by atoms with Crippen molar-refractivity contribution in [2.75, 3.05) is 13.2 Å². The van der Waals surface area contributed by atoms with Crippen molar-refractivity contribution < 1.29 is 19.1 Å². The molecule has 1 amide bonds. The summed E-state index contributed by atoms with van der Waals surface area (Å²) in [5, 5.41) is 2.51. The number of ketones is 1. The fourth-order valence-electron chi connectivity index (χ4n) is 2.73. The van der Waals surface area contributed by atoms with Crippen molar-refractivity contribution in [1.29, 1.82) is 0 Å². The number of Topliss-reactive ketones (excluding diaryl/α,β-unsaturated/α-hetero) is 1. The van der Waals surface area contributed by atoms with E-state index in [1.54, 1.807) is 0 Å². The van der Waals surface area contributed by atoms with Crippen LogP contribution in [0.2, 0.25) is 0 Å². The summed E-state index contributed by atoms with van der Waals surface area (Å²) >= 11 is 0. The van der Waals surface area contributed by atoms with Crippen LogP contribution in [0.4, 0.5) is 0 Å². The number of carbonyl (C=O) groups is 3. The van der Waals surface area contributed by atoms with E-state index >= 15 is 0 Å². The summed E-state index contributed by atoms with van der Waals surface area (Å²) in [6, 6.07) is 11.8. The van der Waals surface area contributed by atoms with Crippen molar-refractivity contribution in [3.8, 4) is 0 Å². The molecule has 1 aromatic heterocycles. The average Bonchev–Trinajstić information content (AvgIpc) is 2.88. The fraction of sp³-hybridized carbons (Fsp3) is 0.350. The van der Waals surface area contributed by atoms with Gasteiger partial charge in [-0.05, 0) is 25.5 Å². The van der Waals surface area contributed by atoms with E-state index in [-0.39, 0.29) is 31.3 Å². The number of nitrogens with zero attached hydrogens (tertiary/aromatic N) is 1. The van der Waals surface area contributed by atoms with E-state index in [9.17, 15) is 14.4 Å². The second kappa shape index (κ2) is 8.99. The normalized spacial score (nSPS) is 10.4. The van der Waals surface area contributed by atoms with Crippen LogP contribution in [0.1, 0.15) is 40.7 Å². The van der Waals surface area contributed by atoms with Crippen LogP contribution in [-0.4, -0.2) is 35.4 Å². The quantitative estimate of drug-likeness (QED) is 0.582. The van der Waals surface area contributed by atoms with Gasteiger partial charge in [-0.1, -0.05) is 30.3 Å². The second-order valence-corrected chi connectivity index (χ2v) is 6.17. The SMILES string of the molecule is CC(=O)NCCC(=O)OCC(=O)c1cc(C)n(Cc2ccccc2)c1C. The van der Waals surface area contributed by atoms with Crippen LogP contribution >= 0.6 is 0 Å². The number of nitrogens with one attached hydrogen (secondary N) is 1. The van der Waals surface area contributed by atoms with Gasteiger partial charge in [0.25, 0.3) is 0 Å². The van der Waals surface area contributed by atoms with Crippen LogP contribution in [0.25, 0.3) is 0 Å². The van der Waals surface area contributed by atoms with Crippen LogP contribution in [0.5, 0.6) is 0 Å². The molecule has 0 radical (unpaired) electrons. The Bertz CT molecular complexity index is 794. The molecule has 0 atom stereocenters. The van der Waals surface area contributed by atoms with Crippen molar-refractivity contribution in [3.05, 3.63) is 58.9 Å². The summed E-state index contributed by atoms with van der Waals surface area (Å²) in [7, 11) is 0. The first-order valence-corrected chi connectivity index (χ1v) is 8.52. The maximum absolute atomic E-state index is 12.4. The molecule has 1 N–H and O–H groups in total. The van der Waals surface area contributed by atoms with Crippen LogP contribution < -0.4 is 5.32 Å². The Labute approximate surface area is 153 Å². The van der Waals surface area contributed by atoms with Crippen molar-refractivity contribution in [2.24, 2.45) is 0 Å². The Kier molecular flexibility index (Phi) is 6.72. The number of hydrogen-bond acceptors (Lipinski definition) is 4. The third kappa shape index (κ3) is 5.31. The first-order chi connectivity index (χ1) is 12.4. The van der Waals surface area contributed by atoms with E-state index in [4.69, 9.17) is 4.74 Å². The van der Waals surface area contributed by atoms with Crippen LogP contribution in [0, 0.1) is 13.8 Å². The number of amides is 1. The molecule has 138 valence electrons. The Morgan fingerprint density at radius 3 is 2.46 bits per heavy atom. The largest absolute Gasteiger partial charge is 0.457 e. The molecule has 0 saturated carbocycles. The zero-order valence-corrected chi connectivity index (χ0v) is 15.4. The highest BCUT2D eigenvalue weighted by Gasteiger charge is 2.17. The number of carbonyl (C=O) groups excluding carboxylic acids is 3. The number of ether oxygens (including phenoxy) is 1. The standard InChI is InChI=1S/C20H24N2O4/c1-14-11-18(15(2)22(14)12-17-7-5-4-6-8-17)19(24)13-26-20(25)9-10-21-16(3)23/h4-8,11H,9-10,12-13H2,1-3H3,(H,21,23). The molecule has 0 aliphatic rings. The third-order valence-electron chi connectivity index (χ3n) is 4.12. The molecular weight excluding hydrogens is 332 g/mol. The molecule has 2 rings (SSSR count). The summed E-state index contributed by atoms with van der Waals surface area (Å²) in [6.07, 6.45) is 0.0416. The van der Waals surface area contributed by atoms with E-state index in [2.05, 4.69) is 9.88 Å². The number of rotatable bonds is 8. The number of aromatic nitrogens is 1. The van der Waals surface area contributed by atoms with Crippen LogP contribution in [-0.2, 0) is 20.9 Å². The van der Waals surface area contributed by atoms with Gasteiger partial charge in [0.2, 0.25) is 11.7 Å². The Balaban J connectivity index is 1.96. The first-order valence-electron chi connectivity index (χ1n) is 8.52. The van der Waals surface area contributed by atoms with Crippen LogP contribution in [0.3, 0.4) is 0 Å². The van der Waals surface area contributed by atoms with Gasteiger partial charge in [-0.25, -0.2) is 0 Å². The molecule has 0 fully saturated rings. The summed E-state index contributed by atoms with van der Waals surface area (Å²) in [5.41, 5.74) is 3.54. The summed E-state index contributed by atoms with van der Waals surface area (Å²) in [5.74, 6) is -0.949. The van der Waals surface area contributed by atoms with E-state index < -0.39 is 5.97 Å². The van der Waals surface area contributed by atoms with Crippen LogP contribution in [0.15, 0.2) is 36.4 Å². The highest BCUT2D eigenvalue weighted by atomic mass is 16.5. The molecule has 6 heteroatoms. The summed E-state index contributed by atoms with van der Waals surface area (Å²) in [6.45, 7) is 5.80. The molecule has 0 saturated heterocycles. The van der Waals surface area contributed by atoms with Gasteiger partial charge in [0.05, 0.1) is 6.42 Å². The molecule has 2 aromatic rings. The van der Waals surface area contributed by atoms with Crippen molar-refractivity contribution in [3.63, 3.8) is 0 Å². The molecule has 0 spiro atoms. The lowest BCUT2D eigenvalue weighted by molar-refractivity contribution is -0.142. The van der Waals surface area contributed by atoms with Gasteiger partial charge in [0, 0.05) is 37.0 Å². The highest BCUT2D eigenvalue weighted by Crippen LogP contribution is 2.18. The minimum absolute atomic E-state index is 0.0416. The predicted molar refractivity (Wildman–Crippen MR) is 98.0 cm³/mol. The average molecular weight is 356 g/mol. The van der Waals surface area contributed by atoms with Crippen molar-refractivity contribution in [1.82, 2.24) is 9.88 Å². The molecule has 1 aromatic carbocycles. The smallest absolute Gasteiger partial charge is 0.308 e. The molecule has 0 unspecified atom stereocenters. The van der Waals surface area contributed by atoms with Gasteiger partial charge in [0.1, 0.15) is 0 Å². The topological polar surface area (TPSA) is 77.4 Å². The Morgan fingerprint density at radius 1 is 1.12 bits per heavy atom. The number of benzene rings is 1. The van der Waals surface area contributed by atoms with E-state index in [0.29, 0.717) is 12.1 Å². The minimum Gasteiger partial charge on any atom is -0.457 e. The van der Waals surface area contributed by atoms with Crippen molar-refractivity contribution >= 4 is 17.7 Å². The maximum Gasteiger partial charge on any atom is 0.308 e. The summed E-state index contributed by atoms with van der Waals surface area (Å²) < 4.78 is 7.08. The highest BCUT2D eigenvalue weighted by molar-refractivity contribution is 5.99. The zero-order chi connectivity index (χ0) is 19.1. The van der Waals surface area contributed by atoms with Gasteiger partial charge >= 0.3 is 5.97 Å². The van der Waals surface area contributed by atoms with E-state index in [0.717, 1.165) is 17.0 Å². The van der Waals surface area contributed by atoms with Gasteiger partial charge in [-0.3, -0.25) is 14.4 Å². The maximum atomic E-state index is 12.4. The number of aryl methyl sites for hydroxylation is 1. The van der Waals surface area contributed by atoms with Gasteiger partial charge < -0.3 is 14.6 Å². The minimum atomic E-state index is -0.509. The molecule has 0 aliphatic carbocycles.